The number of aryl methyl sites for hydroxylation is 1. The average molecular weight is 419 g/mol. The van der Waals surface area contributed by atoms with E-state index in [0.29, 0.717) is 36.5 Å². The molecule has 0 aliphatic rings. The summed E-state index contributed by atoms with van der Waals surface area (Å²) in [4.78, 5) is 4.14. The van der Waals surface area contributed by atoms with Gasteiger partial charge < -0.3 is 0 Å². The number of halogens is 2. The SMILES string of the molecule is CCS(=O)(=NC)NCCCc1nonc1C(=Nc1ccc(F)c(Cl)c1)NO. The van der Waals surface area contributed by atoms with Crippen LogP contribution in [0.1, 0.15) is 24.7 Å². The summed E-state index contributed by atoms with van der Waals surface area (Å²) >= 11 is 5.73. The van der Waals surface area contributed by atoms with Crippen LogP contribution in [0.15, 0.2) is 32.2 Å². The molecule has 1 aromatic heterocycles. The lowest BCUT2D eigenvalue weighted by Crippen LogP contribution is -2.26. The van der Waals surface area contributed by atoms with E-state index in [9.17, 15) is 13.8 Å². The first-order chi connectivity index (χ1) is 12.9. The number of aromatic nitrogens is 2. The van der Waals surface area contributed by atoms with E-state index in [1.165, 1.54) is 19.2 Å². The van der Waals surface area contributed by atoms with Crippen LogP contribution in [0.5, 0.6) is 0 Å². The van der Waals surface area contributed by atoms with Crippen LogP contribution in [0.4, 0.5) is 10.1 Å². The predicted octanol–water partition coefficient (Wildman–Crippen LogP) is 2.47. The summed E-state index contributed by atoms with van der Waals surface area (Å²) in [5.41, 5.74) is 2.89. The number of rotatable bonds is 8. The van der Waals surface area contributed by atoms with Gasteiger partial charge in [0.25, 0.3) is 0 Å². The molecule has 2 aromatic rings. The van der Waals surface area contributed by atoms with E-state index < -0.39 is 15.7 Å². The van der Waals surface area contributed by atoms with E-state index in [1.54, 1.807) is 6.92 Å². The number of hydroxylamine groups is 1. The molecule has 0 bridgehead atoms. The van der Waals surface area contributed by atoms with Gasteiger partial charge in [-0.1, -0.05) is 23.7 Å². The van der Waals surface area contributed by atoms with Gasteiger partial charge in [-0.2, -0.15) is 0 Å². The molecule has 0 radical (unpaired) electrons. The molecule has 0 saturated heterocycles. The van der Waals surface area contributed by atoms with E-state index in [0.717, 1.165) is 6.07 Å². The third-order valence-electron chi connectivity index (χ3n) is 3.63. The number of amidine groups is 1. The summed E-state index contributed by atoms with van der Waals surface area (Å²) < 4.78 is 36.9. The van der Waals surface area contributed by atoms with Crippen molar-refractivity contribution in [1.29, 1.82) is 0 Å². The number of hydrogen-bond acceptors (Lipinski definition) is 7. The second kappa shape index (κ2) is 9.74. The smallest absolute Gasteiger partial charge is 0.181 e. The van der Waals surface area contributed by atoms with Crippen molar-refractivity contribution in [2.24, 2.45) is 9.36 Å². The van der Waals surface area contributed by atoms with E-state index in [-0.39, 0.29) is 16.6 Å². The lowest BCUT2D eigenvalue weighted by Gasteiger charge is -2.08. The zero-order valence-corrected chi connectivity index (χ0v) is 16.3. The molecule has 12 heteroatoms. The maximum atomic E-state index is 13.2. The summed E-state index contributed by atoms with van der Waals surface area (Å²) in [5, 5.41) is 16.8. The van der Waals surface area contributed by atoms with Crippen molar-refractivity contribution in [3.8, 4) is 0 Å². The van der Waals surface area contributed by atoms with Gasteiger partial charge in [0, 0.05) is 19.3 Å². The molecular formula is C15H20ClFN6O3S. The maximum absolute atomic E-state index is 13.2. The molecule has 0 fully saturated rings. The first-order valence-corrected chi connectivity index (χ1v) is 10.1. The maximum Gasteiger partial charge on any atom is 0.181 e. The minimum Gasteiger partial charge on any atom is -0.290 e. The van der Waals surface area contributed by atoms with Crippen molar-refractivity contribution in [3.63, 3.8) is 0 Å². The van der Waals surface area contributed by atoms with E-state index >= 15 is 0 Å². The molecule has 0 aliphatic heterocycles. The van der Waals surface area contributed by atoms with Crippen LogP contribution in [-0.4, -0.2) is 44.9 Å². The third-order valence-corrected chi connectivity index (χ3v) is 5.95. The molecule has 1 atom stereocenters. The largest absolute Gasteiger partial charge is 0.290 e. The van der Waals surface area contributed by atoms with Crippen LogP contribution in [0, 0.1) is 5.82 Å². The molecular weight excluding hydrogens is 399 g/mol. The zero-order chi connectivity index (χ0) is 19.9. The predicted molar refractivity (Wildman–Crippen MR) is 100 cm³/mol. The zero-order valence-electron chi connectivity index (χ0n) is 14.8. The number of nitrogens with zero attached hydrogens (tertiary/aromatic N) is 4. The molecule has 0 aliphatic carbocycles. The van der Waals surface area contributed by atoms with Crippen LogP contribution in [-0.2, 0) is 16.3 Å². The first kappa shape index (κ1) is 21.2. The van der Waals surface area contributed by atoms with Crippen molar-refractivity contribution in [3.05, 3.63) is 40.4 Å². The van der Waals surface area contributed by atoms with Gasteiger partial charge in [0.15, 0.2) is 11.5 Å². The normalized spacial score (nSPS) is 14.0. The van der Waals surface area contributed by atoms with Crippen LogP contribution >= 0.6 is 11.6 Å². The Labute approximate surface area is 161 Å². The van der Waals surface area contributed by atoms with Gasteiger partial charge in [-0.05, 0) is 36.2 Å². The monoisotopic (exact) mass is 418 g/mol. The molecule has 0 amide bonds. The molecule has 148 valence electrons. The summed E-state index contributed by atoms with van der Waals surface area (Å²) in [7, 11) is -0.879. The molecule has 0 saturated carbocycles. The number of benzene rings is 1. The Hall–Kier alpha value is -2.08. The van der Waals surface area contributed by atoms with Gasteiger partial charge in [0.2, 0.25) is 0 Å². The topological polar surface area (TPSA) is 125 Å². The van der Waals surface area contributed by atoms with Crippen molar-refractivity contribution in [1.82, 2.24) is 20.5 Å². The van der Waals surface area contributed by atoms with Gasteiger partial charge in [-0.25, -0.2) is 27.3 Å². The summed E-state index contributed by atoms with van der Waals surface area (Å²) in [5.74, 6) is -0.193. The average Bonchev–Trinajstić information content (AvgIpc) is 3.14. The molecule has 0 spiro atoms. The molecule has 27 heavy (non-hydrogen) atoms. The highest BCUT2D eigenvalue weighted by molar-refractivity contribution is 7.91. The lowest BCUT2D eigenvalue weighted by atomic mass is 10.2. The Bertz CT molecular complexity index is 926. The van der Waals surface area contributed by atoms with Gasteiger partial charge >= 0.3 is 0 Å². The standard InChI is InChI=1S/C15H20ClFN6O3S/c1-3-27(25,18-2)19-8-4-5-13-14(23-26-22-13)15(21-24)20-10-6-7-12(17)11(16)9-10/h6-7,9,24H,3-5,8H2,1-2H3,(H,20,21)(H,18,19,25). The third kappa shape index (κ3) is 5.70. The van der Waals surface area contributed by atoms with E-state index in [2.05, 4.69) is 24.4 Å². The number of nitrogens with one attached hydrogen (secondary N) is 2. The Balaban J connectivity index is 2.10. The second-order valence-electron chi connectivity index (χ2n) is 5.34. The van der Waals surface area contributed by atoms with Crippen LogP contribution < -0.4 is 10.2 Å². The fourth-order valence-corrected chi connectivity index (χ4v) is 3.38. The minimum absolute atomic E-state index is 0.0252. The van der Waals surface area contributed by atoms with E-state index in [4.69, 9.17) is 16.2 Å². The van der Waals surface area contributed by atoms with Crippen molar-refractivity contribution in [2.75, 3.05) is 19.3 Å². The van der Waals surface area contributed by atoms with Crippen LogP contribution in [0.25, 0.3) is 0 Å². The van der Waals surface area contributed by atoms with Crippen molar-refractivity contribution >= 4 is 33.0 Å². The second-order valence-corrected chi connectivity index (χ2v) is 8.26. The fraction of sp³-hybridized carbons (Fsp3) is 0.400. The Morgan fingerprint density at radius 2 is 2.22 bits per heavy atom. The number of hydrogen-bond donors (Lipinski definition) is 3. The summed E-state index contributed by atoms with van der Waals surface area (Å²) in [6.07, 6.45) is 1.01. The molecule has 9 nitrogen and oxygen atoms in total. The summed E-state index contributed by atoms with van der Waals surface area (Å²) in [6, 6.07) is 3.86. The molecule has 3 N–H and O–H groups in total. The van der Waals surface area contributed by atoms with Crippen molar-refractivity contribution < 1.29 is 18.4 Å². The highest BCUT2D eigenvalue weighted by Crippen LogP contribution is 2.22. The van der Waals surface area contributed by atoms with Gasteiger partial charge in [-0.3, -0.25) is 10.7 Å². The van der Waals surface area contributed by atoms with Crippen molar-refractivity contribution in [2.45, 2.75) is 19.8 Å². The minimum atomic E-state index is -2.39. The van der Waals surface area contributed by atoms with Gasteiger partial charge in [0.05, 0.1) is 10.7 Å². The molecule has 1 heterocycles. The fourth-order valence-electron chi connectivity index (χ4n) is 2.15. The van der Waals surface area contributed by atoms with Gasteiger partial charge in [-0.15, -0.1) is 0 Å². The molecule has 1 aromatic carbocycles. The Morgan fingerprint density at radius 1 is 1.44 bits per heavy atom. The van der Waals surface area contributed by atoms with E-state index in [1.807, 2.05) is 5.48 Å². The Kier molecular flexibility index (Phi) is 7.66. The Morgan fingerprint density at radius 3 is 2.85 bits per heavy atom. The number of aliphatic imine (C=N–C) groups is 1. The lowest BCUT2D eigenvalue weighted by molar-refractivity contribution is 0.234. The first-order valence-electron chi connectivity index (χ1n) is 8.05. The van der Waals surface area contributed by atoms with Crippen LogP contribution in [0.3, 0.4) is 0 Å². The van der Waals surface area contributed by atoms with Gasteiger partial charge in [0.1, 0.15) is 21.4 Å². The molecule has 2 rings (SSSR count). The summed E-state index contributed by atoms with van der Waals surface area (Å²) in [6.45, 7) is 2.24. The molecule has 1 unspecified atom stereocenters. The van der Waals surface area contributed by atoms with Crippen LogP contribution in [0.2, 0.25) is 5.02 Å². The highest BCUT2D eigenvalue weighted by atomic mass is 35.5. The highest BCUT2D eigenvalue weighted by Gasteiger charge is 2.16. The quantitative estimate of drug-likeness (QED) is 0.262.